The van der Waals surface area contributed by atoms with Gasteiger partial charge in [0, 0.05) is 37.6 Å². The minimum Gasteiger partial charge on any atom is -0.354 e. The van der Waals surface area contributed by atoms with Crippen molar-refractivity contribution in [1.29, 1.82) is 0 Å². The van der Waals surface area contributed by atoms with Crippen molar-refractivity contribution in [3.05, 3.63) is 56.8 Å². The van der Waals surface area contributed by atoms with Gasteiger partial charge in [0.1, 0.15) is 5.56 Å². The Bertz CT molecular complexity index is 1040. The molecule has 0 saturated heterocycles. The molecule has 3 heterocycles. The van der Waals surface area contributed by atoms with E-state index in [0.29, 0.717) is 11.9 Å². The summed E-state index contributed by atoms with van der Waals surface area (Å²) in [5.74, 6) is -0.354. The first kappa shape index (κ1) is 15.8. The molecule has 0 radical (unpaired) electrons. The van der Waals surface area contributed by atoms with Gasteiger partial charge in [-0.15, -0.1) is 11.3 Å². The van der Waals surface area contributed by atoms with E-state index in [1.54, 1.807) is 12.3 Å². The van der Waals surface area contributed by atoms with Gasteiger partial charge >= 0.3 is 0 Å². The third-order valence-corrected chi connectivity index (χ3v) is 5.46. The van der Waals surface area contributed by atoms with E-state index in [-0.39, 0.29) is 16.9 Å². The lowest BCUT2D eigenvalue weighted by Gasteiger charge is -2.09. The number of carbonyl (C=O) groups is 1. The molecule has 1 aliphatic rings. The van der Waals surface area contributed by atoms with Gasteiger partial charge in [-0.05, 0) is 18.1 Å². The highest BCUT2D eigenvalue weighted by Crippen LogP contribution is 2.24. The van der Waals surface area contributed by atoms with E-state index in [2.05, 4.69) is 10.3 Å². The molecular weight excluding hydrogens is 336 g/mol. The van der Waals surface area contributed by atoms with E-state index in [4.69, 9.17) is 0 Å². The molecule has 25 heavy (non-hydrogen) atoms. The van der Waals surface area contributed by atoms with Crippen LogP contribution in [0.5, 0.6) is 0 Å². The number of aryl methyl sites for hydroxylation is 2. The number of nitrogens with one attached hydrogen (secondary N) is 1. The van der Waals surface area contributed by atoms with Crippen molar-refractivity contribution in [3.8, 4) is 0 Å². The molecule has 1 aliphatic heterocycles. The van der Waals surface area contributed by atoms with Gasteiger partial charge in [-0.25, -0.2) is 4.98 Å². The second-order valence-electron chi connectivity index (χ2n) is 6.33. The van der Waals surface area contributed by atoms with Crippen LogP contribution in [-0.2, 0) is 19.5 Å². The van der Waals surface area contributed by atoms with E-state index >= 15 is 0 Å². The molecule has 0 atom stereocenters. The second-order valence-corrected chi connectivity index (χ2v) is 7.16. The zero-order chi connectivity index (χ0) is 17.6. The number of hydrogen-bond donors (Lipinski definition) is 1. The number of nitrogens with zero attached hydrogens (tertiary/aromatic N) is 3. The lowest BCUT2D eigenvalue weighted by atomic mass is 10.1. The number of carbonyl (C=O) groups excluding carboxylic acids is 1. The SMILES string of the molecule is CN(C)c1nc(CNC(=O)c2cn3c4c(cccc4c2=O)CC3)cs1. The van der Waals surface area contributed by atoms with Crippen LogP contribution in [0.2, 0.25) is 0 Å². The zero-order valence-electron chi connectivity index (χ0n) is 14.1. The fourth-order valence-electron chi connectivity index (χ4n) is 3.17. The number of aromatic nitrogens is 2. The Morgan fingerprint density at radius 3 is 3.00 bits per heavy atom. The highest BCUT2D eigenvalue weighted by atomic mass is 32.1. The highest BCUT2D eigenvalue weighted by molar-refractivity contribution is 7.13. The van der Waals surface area contributed by atoms with Crippen LogP contribution in [0.4, 0.5) is 5.13 Å². The van der Waals surface area contributed by atoms with Crippen LogP contribution >= 0.6 is 11.3 Å². The van der Waals surface area contributed by atoms with Crippen LogP contribution in [-0.4, -0.2) is 29.6 Å². The van der Waals surface area contributed by atoms with Gasteiger partial charge in [0.15, 0.2) is 5.13 Å². The lowest BCUT2D eigenvalue weighted by Crippen LogP contribution is -2.29. The molecule has 1 amide bonds. The number of thiazole rings is 1. The van der Waals surface area contributed by atoms with Crippen molar-refractivity contribution in [2.24, 2.45) is 0 Å². The predicted octanol–water partition coefficient (Wildman–Crippen LogP) is 2.01. The van der Waals surface area contributed by atoms with Crippen LogP contribution in [0.25, 0.3) is 10.9 Å². The molecule has 2 aromatic heterocycles. The van der Waals surface area contributed by atoms with Gasteiger partial charge in [0.2, 0.25) is 5.43 Å². The van der Waals surface area contributed by atoms with Gasteiger partial charge < -0.3 is 14.8 Å². The number of para-hydroxylation sites is 1. The first-order chi connectivity index (χ1) is 12.0. The number of rotatable bonds is 4. The largest absolute Gasteiger partial charge is 0.354 e. The summed E-state index contributed by atoms with van der Waals surface area (Å²) in [6.45, 7) is 1.11. The van der Waals surface area contributed by atoms with Gasteiger partial charge in [-0.1, -0.05) is 12.1 Å². The van der Waals surface area contributed by atoms with Crippen molar-refractivity contribution in [1.82, 2.24) is 14.9 Å². The topological polar surface area (TPSA) is 67.2 Å². The monoisotopic (exact) mass is 354 g/mol. The molecule has 0 fully saturated rings. The average molecular weight is 354 g/mol. The van der Waals surface area contributed by atoms with Crippen LogP contribution in [0, 0.1) is 0 Å². The third-order valence-electron chi connectivity index (χ3n) is 4.40. The normalized spacial score (nSPS) is 12.6. The van der Waals surface area contributed by atoms with Gasteiger partial charge in [-0.2, -0.15) is 0 Å². The van der Waals surface area contributed by atoms with Crippen LogP contribution in [0.3, 0.4) is 0 Å². The fourth-order valence-corrected chi connectivity index (χ4v) is 3.93. The molecule has 0 bridgehead atoms. The third kappa shape index (κ3) is 2.70. The number of hydrogen-bond acceptors (Lipinski definition) is 5. The highest BCUT2D eigenvalue weighted by Gasteiger charge is 2.20. The molecule has 1 aromatic carbocycles. The quantitative estimate of drug-likeness (QED) is 0.778. The fraction of sp³-hybridized carbons (Fsp3) is 0.278. The molecular formula is C18H18N4O2S. The first-order valence-electron chi connectivity index (χ1n) is 8.09. The first-order valence-corrected chi connectivity index (χ1v) is 8.97. The summed E-state index contributed by atoms with van der Waals surface area (Å²) in [4.78, 5) is 31.6. The Morgan fingerprint density at radius 1 is 1.40 bits per heavy atom. The smallest absolute Gasteiger partial charge is 0.257 e. The van der Waals surface area contributed by atoms with E-state index in [0.717, 1.165) is 29.3 Å². The molecule has 7 heteroatoms. The van der Waals surface area contributed by atoms with E-state index < -0.39 is 0 Å². The summed E-state index contributed by atoms with van der Waals surface area (Å²) in [5, 5.41) is 6.23. The van der Waals surface area contributed by atoms with Crippen LogP contribution in [0.1, 0.15) is 21.6 Å². The average Bonchev–Trinajstić information content (AvgIpc) is 3.24. The summed E-state index contributed by atoms with van der Waals surface area (Å²) in [6, 6.07) is 5.72. The Balaban J connectivity index is 1.61. The summed E-state index contributed by atoms with van der Waals surface area (Å²) >= 11 is 1.52. The minimum atomic E-state index is -0.354. The summed E-state index contributed by atoms with van der Waals surface area (Å²) < 4.78 is 2.01. The summed E-state index contributed by atoms with van der Waals surface area (Å²) in [7, 11) is 3.85. The molecule has 0 unspecified atom stereocenters. The lowest BCUT2D eigenvalue weighted by molar-refractivity contribution is 0.0949. The van der Waals surface area contributed by atoms with E-state index in [1.165, 1.54) is 16.9 Å². The summed E-state index contributed by atoms with van der Waals surface area (Å²) in [6.07, 6.45) is 2.58. The van der Waals surface area contributed by atoms with Gasteiger partial charge in [-0.3, -0.25) is 9.59 Å². The standard InChI is InChI=1S/C18H18N4O2S/c1-21(2)18-20-12(10-25-18)8-19-17(24)14-9-22-7-6-11-4-3-5-13(15(11)22)16(14)23/h3-5,9-10H,6-8H2,1-2H3,(H,19,24). The minimum absolute atomic E-state index is 0.189. The van der Waals surface area contributed by atoms with E-state index in [1.807, 2.05) is 41.1 Å². The van der Waals surface area contributed by atoms with Crippen molar-refractivity contribution < 1.29 is 4.79 Å². The van der Waals surface area contributed by atoms with Crippen molar-refractivity contribution in [2.75, 3.05) is 19.0 Å². The maximum atomic E-state index is 12.7. The molecule has 1 N–H and O–H groups in total. The van der Waals surface area contributed by atoms with E-state index in [9.17, 15) is 9.59 Å². The Labute approximate surface area is 148 Å². The van der Waals surface area contributed by atoms with Gasteiger partial charge in [0.25, 0.3) is 5.91 Å². The molecule has 6 nitrogen and oxygen atoms in total. The zero-order valence-corrected chi connectivity index (χ0v) is 14.9. The molecule has 128 valence electrons. The molecule has 4 rings (SSSR count). The van der Waals surface area contributed by atoms with Crippen LogP contribution < -0.4 is 15.6 Å². The maximum Gasteiger partial charge on any atom is 0.257 e. The molecule has 0 saturated carbocycles. The van der Waals surface area contributed by atoms with Crippen molar-refractivity contribution >= 4 is 33.3 Å². The molecule has 0 aliphatic carbocycles. The number of anilines is 1. The Kier molecular flexibility index (Phi) is 3.80. The van der Waals surface area contributed by atoms with Crippen LogP contribution in [0.15, 0.2) is 34.6 Å². The Morgan fingerprint density at radius 2 is 2.24 bits per heavy atom. The van der Waals surface area contributed by atoms with Gasteiger partial charge in [0.05, 0.1) is 17.8 Å². The number of pyridine rings is 1. The maximum absolute atomic E-state index is 12.7. The number of benzene rings is 1. The van der Waals surface area contributed by atoms with Crippen molar-refractivity contribution in [3.63, 3.8) is 0 Å². The number of amides is 1. The Hall–Kier alpha value is -2.67. The second kappa shape index (κ2) is 6.00. The molecule has 0 spiro atoms. The van der Waals surface area contributed by atoms with Crippen molar-refractivity contribution in [2.45, 2.75) is 19.5 Å². The predicted molar refractivity (Wildman–Crippen MR) is 99.5 cm³/mol. The molecule has 3 aromatic rings. The summed E-state index contributed by atoms with van der Waals surface area (Å²) in [5.41, 5.74) is 2.89.